The zero-order valence-electron chi connectivity index (χ0n) is 9.15. The fourth-order valence-electron chi connectivity index (χ4n) is 1.98. The Hall–Kier alpha value is -1.71. The van der Waals surface area contributed by atoms with Crippen LogP contribution in [0.1, 0.15) is 0 Å². The number of hydrogen-bond donors (Lipinski definition) is 1. The van der Waals surface area contributed by atoms with Crippen molar-refractivity contribution in [3.05, 3.63) is 63.0 Å². The Morgan fingerprint density at radius 2 is 1.67 bits per heavy atom. The summed E-state index contributed by atoms with van der Waals surface area (Å²) in [6.45, 7) is 0. The van der Waals surface area contributed by atoms with Crippen molar-refractivity contribution in [3.8, 4) is 5.69 Å². The Morgan fingerprint density at radius 3 is 2.39 bits per heavy atom. The van der Waals surface area contributed by atoms with Gasteiger partial charge in [0.1, 0.15) is 0 Å². The third-order valence-electron chi connectivity index (χ3n) is 2.70. The Kier molecular flexibility index (Phi) is 2.65. The molecule has 0 fully saturated rings. The number of imidazole rings is 1. The third kappa shape index (κ3) is 1.82. The van der Waals surface area contributed by atoms with E-state index in [2.05, 4.69) is 4.98 Å². The van der Waals surface area contributed by atoms with Crippen molar-refractivity contribution >= 4 is 34.2 Å². The number of rotatable bonds is 1. The summed E-state index contributed by atoms with van der Waals surface area (Å²) in [5.41, 5.74) is 2.00. The van der Waals surface area contributed by atoms with Crippen molar-refractivity contribution < 1.29 is 0 Å². The van der Waals surface area contributed by atoms with E-state index >= 15 is 0 Å². The highest BCUT2D eigenvalue weighted by atomic mass is 35.5. The summed E-state index contributed by atoms with van der Waals surface area (Å²) in [6, 6.07) is 12.5. The van der Waals surface area contributed by atoms with Gasteiger partial charge in [-0.25, -0.2) is 4.79 Å². The first-order chi connectivity index (χ1) is 8.65. The van der Waals surface area contributed by atoms with Crippen LogP contribution in [0.15, 0.2) is 47.3 Å². The van der Waals surface area contributed by atoms with Crippen LogP contribution in [0, 0.1) is 0 Å². The molecule has 0 spiro atoms. The number of nitrogens with one attached hydrogen (secondary N) is 1. The van der Waals surface area contributed by atoms with E-state index in [0.717, 1.165) is 11.0 Å². The third-order valence-corrected chi connectivity index (χ3v) is 3.13. The number of para-hydroxylation sites is 2. The summed E-state index contributed by atoms with van der Waals surface area (Å²) in [4.78, 5) is 14.8. The molecule has 90 valence electrons. The normalized spacial score (nSPS) is 11.0. The van der Waals surface area contributed by atoms with Crippen LogP contribution in [0.5, 0.6) is 0 Å². The molecule has 1 aromatic heterocycles. The molecule has 3 rings (SSSR count). The van der Waals surface area contributed by atoms with Crippen LogP contribution < -0.4 is 5.69 Å². The summed E-state index contributed by atoms with van der Waals surface area (Å²) in [7, 11) is 0. The summed E-state index contributed by atoms with van der Waals surface area (Å²) < 4.78 is 1.55. The molecule has 0 bridgehead atoms. The molecule has 0 amide bonds. The summed E-state index contributed by atoms with van der Waals surface area (Å²) in [6.07, 6.45) is 0. The van der Waals surface area contributed by atoms with E-state index in [9.17, 15) is 4.79 Å². The smallest absolute Gasteiger partial charge is 0.305 e. The molecule has 3 nitrogen and oxygen atoms in total. The van der Waals surface area contributed by atoms with Crippen molar-refractivity contribution in [2.24, 2.45) is 0 Å². The average Bonchev–Trinajstić information content (AvgIpc) is 2.63. The number of nitrogens with zero attached hydrogens (tertiary/aromatic N) is 1. The largest absolute Gasteiger partial charge is 0.331 e. The zero-order valence-corrected chi connectivity index (χ0v) is 10.7. The van der Waals surface area contributed by atoms with Crippen molar-refractivity contribution in [2.45, 2.75) is 0 Å². The first-order valence-electron chi connectivity index (χ1n) is 5.31. The summed E-state index contributed by atoms with van der Waals surface area (Å²) in [5, 5.41) is 0.990. The monoisotopic (exact) mass is 278 g/mol. The molecule has 0 atom stereocenters. The highest BCUT2D eigenvalue weighted by Crippen LogP contribution is 2.23. The van der Waals surface area contributed by atoms with Gasteiger partial charge in [0.25, 0.3) is 0 Å². The van der Waals surface area contributed by atoms with E-state index in [1.54, 1.807) is 22.8 Å². The Balaban J connectivity index is 2.37. The summed E-state index contributed by atoms with van der Waals surface area (Å²) >= 11 is 11.9. The van der Waals surface area contributed by atoms with Gasteiger partial charge in [0.15, 0.2) is 0 Å². The average molecular weight is 279 g/mol. The number of aromatic amines is 1. The molecule has 3 aromatic rings. The first-order valence-corrected chi connectivity index (χ1v) is 6.07. The van der Waals surface area contributed by atoms with E-state index in [1.165, 1.54) is 0 Å². The van der Waals surface area contributed by atoms with Gasteiger partial charge in [0.05, 0.1) is 16.7 Å². The minimum atomic E-state index is -0.213. The van der Waals surface area contributed by atoms with E-state index in [-0.39, 0.29) is 5.69 Å². The molecule has 5 heteroatoms. The maximum atomic E-state index is 12.0. The number of halogens is 2. The van der Waals surface area contributed by atoms with Crippen LogP contribution in [-0.2, 0) is 0 Å². The van der Waals surface area contributed by atoms with E-state index in [0.29, 0.717) is 15.7 Å². The second-order valence-electron chi connectivity index (χ2n) is 3.91. The van der Waals surface area contributed by atoms with Gasteiger partial charge in [-0.05, 0) is 30.3 Å². The van der Waals surface area contributed by atoms with Gasteiger partial charge in [-0.2, -0.15) is 0 Å². The Labute approximate surface area is 113 Å². The lowest BCUT2D eigenvalue weighted by Crippen LogP contribution is -2.14. The van der Waals surface area contributed by atoms with Crippen LogP contribution in [0.2, 0.25) is 10.0 Å². The Bertz CT molecular complexity index is 769. The van der Waals surface area contributed by atoms with Gasteiger partial charge in [-0.15, -0.1) is 0 Å². The predicted octanol–water partition coefficient (Wildman–Crippen LogP) is 3.63. The number of aromatic nitrogens is 2. The number of fused-ring (bicyclic) bond motifs is 1. The molecule has 0 radical (unpaired) electrons. The van der Waals surface area contributed by atoms with Gasteiger partial charge in [0, 0.05) is 10.0 Å². The second-order valence-corrected chi connectivity index (χ2v) is 4.78. The number of H-pyrrole nitrogens is 1. The number of hydrogen-bond acceptors (Lipinski definition) is 1. The van der Waals surface area contributed by atoms with Gasteiger partial charge < -0.3 is 4.98 Å². The predicted molar refractivity (Wildman–Crippen MR) is 73.9 cm³/mol. The second kappa shape index (κ2) is 4.19. The molecule has 0 unspecified atom stereocenters. The highest BCUT2D eigenvalue weighted by molar-refractivity contribution is 6.34. The van der Waals surface area contributed by atoms with Crippen LogP contribution >= 0.6 is 23.2 Å². The van der Waals surface area contributed by atoms with Crippen LogP contribution in [0.25, 0.3) is 16.7 Å². The molecule has 2 aromatic carbocycles. The van der Waals surface area contributed by atoms with E-state index < -0.39 is 0 Å². The molecular formula is C13H8Cl2N2O. The molecule has 1 heterocycles. The molecular weight excluding hydrogens is 271 g/mol. The molecule has 0 aliphatic rings. The van der Waals surface area contributed by atoms with E-state index in [4.69, 9.17) is 23.2 Å². The lowest BCUT2D eigenvalue weighted by molar-refractivity contribution is 1.02. The lowest BCUT2D eigenvalue weighted by atomic mass is 10.3. The van der Waals surface area contributed by atoms with Crippen molar-refractivity contribution in [1.82, 2.24) is 9.55 Å². The summed E-state index contributed by atoms with van der Waals surface area (Å²) in [5.74, 6) is 0. The molecule has 0 saturated carbocycles. The molecule has 0 saturated heterocycles. The molecule has 0 aliphatic carbocycles. The standard InChI is InChI=1S/C13H8Cl2N2O/c14-8-5-9(15)7-10(6-8)17-12-4-2-1-3-11(12)16-13(17)18/h1-7H,(H,16,18). The minimum Gasteiger partial charge on any atom is -0.305 e. The zero-order chi connectivity index (χ0) is 12.7. The molecule has 18 heavy (non-hydrogen) atoms. The maximum Gasteiger partial charge on any atom is 0.331 e. The van der Waals surface area contributed by atoms with Crippen molar-refractivity contribution in [3.63, 3.8) is 0 Å². The fraction of sp³-hybridized carbons (Fsp3) is 0. The van der Waals surface area contributed by atoms with E-state index in [1.807, 2.05) is 24.3 Å². The fourth-order valence-corrected chi connectivity index (χ4v) is 2.49. The topological polar surface area (TPSA) is 37.8 Å². The van der Waals surface area contributed by atoms with Gasteiger partial charge in [-0.3, -0.25) is 4.57 Å². The lowest BCUT2D eigenvalue weighted by Gasteiger charge is -2.04. The first kappa shape index (κ1) is 11.4. The van der Waals surface area contributed by atoms with Gasteiger partial charge in [0.2, 0.25) is 0 Å². The van der Waals surface area contributed by atoms with Gasteiger partial charge >= 0.3 is 5.69 Å². The van der Waals surface area contributed by atoms with Crippen molar-refractivity contribution in [2.75, 3.05) is 0 Å². The Morgan fingerprint density at radius 1 is 1.00 bits per heavy atom. The van der Waals surface area contributed by atoms with Crippen molar-refractivity contribution in [1.29, 1.82) is 0 Å². The SMILES string of the molecule is O=c1[nH]c2ccccc2n1-c1cc(Cl)cc(Cl)c1. The number of benzene rings is 2. The maximum absolute atomic E-state index is 12.0. The van der Waals surface area contributed by atoms with Crippen LogP contribution in [0.4, 0.5) is 0 Å². The minimum absolute atomic E-state index is 0.213. The quantitative estimate of drug-likeness (QED) is 0.725. The van der Waals surface area contributed by atoms with Crippen LogP contribution in [-0.4, -0.2) is 9.55 Å². The van der Waals surface area contributed by atoms with Gasteiger partial charge in [-0.1, -0.05) is 35.3 Å². The highest BCUT2D eigenvalue weighted by Gasteiger charge is 2.09. The molecule has 0 aliphatic heterocycles. The van der Waals surface area contributed by atoms with Crippen LogP contribution in [0.3, 0.4) is 0 Å². The molecule has 1 N–H and O–H groups in total.